The molecule has 2 rings (SSSR count). The molecule has 0 unspecified atom stereocenters. The van der Waals surface area contributed by atoms with Crippen molar-refractivity contribution < 1.29 is 5.11 Å². The number of hydrogen-bond donors (Lipinski definition) is 1. The molecule has 0 aromatic heterocycles. The molecule has 0 bridgehead atoms. The average molecular weight is 251 g/mol. The smallest absolute Gasteiger partial charge is 0.115 e. The van der Waals surface area contributed by atoms with Crippen molar-refractivity contribution in [1.82, 2.24) is 0 Å². The summed E-state index contributed by atoms with van der Waals surface area (Å²) < 4.78 is 0. The molecule has 0 atom stereocenters. The third-order valence-electron chi connectivity index (χ3n) is 2.74. The molecule has 0 aliphatic carbocycles. The number of benzene rings is 2. The summed E-state index contributed by atoms with van der Waals surface area (Å²) in [5.74, 6) is 0.295. The molecule has 0 aliphatic heterocycles. The third kappa shape index (κ3) is 4.43. The van der Waals surface area contributed by atoms with Crippen LogP contribution in [0.5, 0.6) is 5.75 Å². The molecular formula is C17H17NO. The molecule has 0 saturated heterocycles. The first kappa shape index (κ1) is 13.1. The lowest BCUT2D eigenvalue weighted by atomic mass is 10.0. The van der Waals surface area contributed by atoms with Crippen molar-refractivity contribution >= 4 is 11.9 Å². The van der Waals surface area contributed by atoms with E-state index in [-0.39, 0.29) is 0 Å². The summed E-state index contributed by atoms with van der Waals surface area (Å²) in [6.07, 6.45) is 3.38. The molecule has 19 heavy (non-hydrogen) atoms. The second kappa shape index (κ2) is 6.55. The highest BCUT2D eigenvalue weighted by molar-refractivity contribution is 5.65. The van der Waals surface area contributed by atoms with Crippen molar-refractivity contribution in [3.05, 3.63) is 72.3 Å². The quantitative estimate of drug-likeness (QED) is 0.624. The largest absolute Gasteiger partial charge is 0.508 e. The van der Waals surface area contributed by atoms with Crippen LogP contribution < -0.4 is 0 Å². The minimum atomic E-state index is 0.295. The summed E-state index contributed by atoms with van der Waals surface area (Å²) in [5, 5.41) is 9.39. The van der Waals surface area contributed by atoms with Crippen LogP contribution in [0.2, 0.25) is 0 Å². The molecule has 0 saturated carbocycles. The normalized spacial score (nSPS) is 10.7. The lowest BCUT2D eigenvalue weighted by molar-refractivity contribution is 0.474. The van der Waals surface area contributed by atoms with E-state index in [9.17, 15) is 5.11 Å². The summed E-state index contributed by atoms with van der Waals surface area (Å²) >= 11 is 0. The fraction of sp³-hybridized carbons (Fsp3) is 0.118. The predicted octanol–water partition coefficient (Wildman–Crippen LogP) is 4.28. The van der Waals surface area contributed by atoms with Gasteiger partial charge in [0.15, 0.2) is 0 Å². The van der Waals surface area contributed by atoms with Gasteiger partial charge in [0, 0.05) is 12.6 Å². The Bertz CT molecular complexity index is 573. The van der Waals surface area contributed by atoms with Crippen LogP contribution in [0.3, 0.4) is 0 Å². The molecule has 1 N–H and O–H groups in total. The number of aliphatic imine (C=N–C) groups is 1. The van der Waals surface area contributed by atoms with E-state index in [2.05, 4.69) is 11.6 Å². The molecule has 0 fully saturated rings. The Labute approximate surface area is 113 Å². The Kier molecular flexibility index (Phi) is 4.51. The zero-order chi connectivity index (χ0) is 13.5. The predicted molar refractivity (Wildman–Crippen MR) is 80.2 cm³/mol. The second-order valence-corrected chi connectivity index (χ2v) is 4.45. The van der Waals surface area contributed by atoms with E-state index in [1.807, 2.05) is 48.7 Å². The van der Waals surface area contributed by atoms with Crippen LogP contribution in [0, 0.1) is 0 Å². The lowest BCUT2D eigenvalue weighted by Crippen LogP contribution is -1.90. The first-order valence-electron chi connectivity index (χ1n) is 6.26. The van der Waals surface area contributed by atoms with Crippen LogP contribution >= 0.6 is 0 Å². The number of phenols is 1. The van der Waals surface area contributed by atoms with Gasteiger partial charge in [-0.3, -0.25) is 4.99 Å². The number of nitrogens with zero attached hydrogens (tertiary/aromatic N) is 1. The van der Waals surface area contributed by atoms with Crippen LogP contribution in [0.25, 0.3) is 0 Å². The highest BCUT2D eigenvalue weighted by atomic mass is 16.3. The van der Waals surface area contributed by atoms with Crippen molar-refractivity contribution in [3.63, 3.8) is 0 Å². The zero-order valence-electron chi connectivity index (χ0n) is 10.8. The highest BCUT2D eigenvalue weighted by Gasteiger charge is 1.97. The minimum absolute atomic E-state index is 0.295. The van der Waals surface area contributed by atoms with Gasteiger partial charge >= 0.3 is 0 Å². The van der Waals surface area contributed by atoms with E-state index in [0.29, 0.717) is 5.75 Å². The summed E-state index contributed by atoms with van der Waals surface area (Å²) in [4.78, 5) is 4.37. The van der Waals surface area contributed by atoms with E-state index >= 15 is 0 Å². The molecule has 0 amide bonds. The van der Waals surface area contributed by atoms with Gasteiger partial charge in [0.25, 0.3) is 0 Å². The maximum absolute atomic E-state index is 9.39. The maximum Gasteiger partial charge on any atom is 0.115 e. The zero-order valence-corrected chi connectivity index (χ0v) is 10.8. The van der Waals surface area contributed by atoms with Crippen molar-refractivity contribution in [1.29, 1.82) is 0 Å². The number of para-hydroxylation sites is 1. The summed E-state index contributed by atoms with van der Waals surface area (Å²) in [7, 11) is 0. The van der Waals surface area contributed by atoms with Gasteiger partial charge in [-0.2, -0.15) is 0 Å². The second-order valence-electron chi connectivity index (χ2n) is 4.45. The van der Waals surface area contributed by atoms with Crippen molar-refractivity contribution in [3.8, 4) is 5.75 Å². The Balaban J connectivity index is 1.87. The lowest BCUT2D eigenvalue weighted by Gasteiger charge is -2.03. The number of phenolic OH excluding ortho intramolecular Hbond substituents is 1. The molecule has 0 heterocycles. The van der Waals surface area contributed by atoms with E-state index in [4.69, 9.17) is 0 Å². The van der Waals surface area contributed by atoms with Crippen LogP contribution in [0.15, 0.2) is 71.7 Å². The van der Waals surface area contributed by atoms with Crippen LogP contribution in [0.1, 0.15) is 12.0 Å². The van der Waals surface area contributed by atoms with Gasteiger partial charge in [-0.25, -0.2) is 0 Å². The molecule has 2 aromatic rings. The molecular weight excluding hydrogens is 234 g/mol. The van der Waals surface area contributed by atoms with E-state index in [1.165, 1.54) is 0 Å². The molecule has 0 spiro atoms. The summed E-state index contributed by atoms with van der Waals surface area (Å²) in [6.45, 7) is 4.04. The minimum Gasteiger partial charge on any atom is -0.508 e. The molecule has 0 radical (unpaired) electrons. The van der Waals surface area contributed by atoms with E-state index < -0.39 is 0 Å². The first-order valence-corrected chi connectivity index (χ1v) is 6.26. The van der Waals surface area contributed by atoms with Gasteiger partial charge < -0.3 is 5.11 Å². The van der Waals surface area contributed by atoms with E-state index in [0.717, 1.165) is 29.7 Å². The monoisotopic (exact) mass is 251 g/mol. The van der Waals surface area contributed by atoms with Gasteiger partial charge in [-0.15, -0.1) is 0 Å². The molecule has 0 aliphatic rings. The molecule has 2 aromatic carbocycles. The third-order valence-corrected chi connectivity index (χ3v) is 2.74. The molecule has 2 heteroatoms. The Morgan fingerprint density at radius 1 is 1.11 bits per heavy atom. The van der Waals surface area contributed by atoms with Crippen LogP contribution in [-0.2, 0) is 6.42 Å². The van der Waals surface area contributed by atoms with Gasteiger partial charge in [0.1, 0.15) is 5.75 Å². The van der Waals surface area contributed by atoms with Gasteiger partial charge in [-0.1, -0.05) is 42.5 Å². The number of rotatable bonds is 5. The average Bonchev–Trinajstić information content (AvgIpc) is 2.40. The van der Waals surface area contributed by atoms with E-state index in [1.54, 1.807) is 12.1 Å². The SMILES string of the molecule is C=C(CC=Nc1ccccc1)Cc1cccc(O)c1. The Hall–Kier alpha value is -2.35. The highest BCUT2D eigenvalue weighted by Crippen LogP contribution is 2.15. The van der Waals surface area contributed by atoms with Gasteiger partial charge in [-0.05, 0) is 36.2 Å². The maximum atomic E-state index is 9.39. The van der Waals surface area contributed by atoms with Crippen molar-refractivity contribution in [2.24, 2.45) is 4.99 Å². The first-order chi connectivity index (χ1) is 9.24. The van der Waals surface area contributed by atoms with Crippen LogP contribution in [-0.4, -0.2) is 11.3 Å². The number of allylic oxidation sites excluding steroid dienone is 1. The van der Waals surface area contributed by atoms with Crippen LogP contribution in [0.4, 0.5) is 5.69 Å². The summed E-state index contributed by atoms with van der Waals surface area (Å²) in [5.41, 5.74) is 3.09. The summed E-state index contributed by atoms with van der Waals surface area (Å²) in [6, 6.07) is 17.1. The fourth-order valence-corrected chi connectivity index (χ4v) is 1.82. The molecule has 2 nitrogen and oxygen atoms in total. The number of hydrogen-bond acceptors (Lipinski definition) is 2. The Morgan fingerprint density at radius 2 is 1.89 bits per heavy atom. The Morgan fingerprint density at radius 3 is 2.63 bits per heavy atom. The standard InChI is InChI=1S/C17H17NO/c1-14(12-15-6-5-9-17(19)13-15)10-11-18-16-7-3-2-4-8-16/h2-9,11,13,19H,1,10,12H2. The molecule has 96 valence electrons. The fourth-order valence-electron chi connectivity index (χ4n) is 1.82. The van der Waals surface area contributed by atoms with Gasteiger partial charge in [0.05, 0.1) is 5.69 Å². The topological polar surface area (TPSA) is 32.6 Å². The van der Waals surface area contributed by atoms with Crippen molar-refractivity contribution in [2.45, 2.75) is 12.8 Å². The van der Waals surface area contributed by atoms with Crippen molar-refractivity contribution in [2.75, 3.05) is 0 Å². The number of aromatic hydroxyl groups is 1. The van der Waals surface area contributed by atoms with Gasteiger partial charge in [0.2, 0.25) is 0 Å².